The van der Waals surface area contributed by atoms with Crippen molar-refractivity contribution in [2.24, 2.45) is 5.73 Å². The van der Waals surface area contributed by atoms with Crippen LogP contribution in [0.5, 0.6) is 0 Å². The monoisotopic (exact) mass is 225 g/mol. The van der Waals surface area contributed by atoms with E-state index in [2.05, 4.69) is 0 Å². The number of sulfone groups is 1. The van der Waals surface area contributed by atoms with Crippen molar-refractivity contribution in [3.05, 3.63) is 42.0 Å². The topological polar surface area (TPSA) is 60.2 Å². The Morgan fingerprint density at radius 1 is 1.20 bits per heavy atom. The van der Waals surface area contributed by atoms with Crippen molar-refractivity contribution < 1.29 is 8.42 Å². The number of hydrogen-bond acceptors (Lipinski definition) is 3. The highest BCUT2D eigenvalue weighted by molar-refractivity contribution is 7.91. The third-order valence-corrected chi connectivity index (χ3v) is 3.45. The van der Waals surface area contributed by atoms with Crippen LogP contribution in [-0.2, 0) is 9.84 Å². The van der Waals surface area contributed by atoms with Gasteiger partial charge >= 0.3 is 0 Å². The zero-order chi connectivity index (χ0) is 11.1. The Morgan fingerprint density at radius 3 is 2.47 bits per heavy atom. The number of nitrogens with two attached hydrogens (primary N) is 1. The summed E-state index contributed by atoms with van der Waals surface area (Å²) < 4.78 is 22.6. The van der Waals surface area contributed by atoms with Gasteiger partial charge in [0.25, 0.3) is 0 Å². The van der Waals surface area contributed by atoms with E-state index < -0.39 is 9.84 Å². The molecule has 0 unspecified atom stereocenters. The van der Waals surface area contributed by atoms with Crippen LogP contribution >= 0.6 is 0 Å². The lowest BCUT2D eigenvalue weighted by Crippen LogP contribution is -2.17. The molecule has 0 saturated carbocycles. The predicted molar refractivity (Wildman–Crippen MR) is 63.2 cm³/mol. The van der Waals surface area contributed by atoms with E-state index in [4.69, 9.17) is 5.73 Å². The standard InChI is InChI=1S/C11H15NO2S/c12-8-10-15(13,14)9-4-7-11-5-2-1-3-6-11/h1-7H,8-10,12H2. The second-order valence-electron chi connectivity index (χ2n) is 3.22. The first-order chi connectivity index (χ1) is 7.14. The first kappa shape index (κ1) is 11.9. The Labute approximate surface area is 90.5 Å². The summed E-state index contributed by atoms with van der Waals surface area (Å²) in [5.74, 6) is 0.102. The van der Waals surface area contributed by atoms with E-state index in [1.54, 1.807) is 12.2 Å². The summed E-state index contributed by atoms with van der Waals surface area (Å²) in [5, 5.41) is 0. The maximum Gasteiger partial charge on any atom is 0.155 e. The fourth-order valence-corrected chi connectivity index (χ4v) is 2.07. The summed E-state index contributed by atoms with van der Waals surface area (Å²) in [6, 6.07) is 9.59. The van der Waals surface area contributed by atoms with Gasteiger partial charge in [0.1, 0.15) is 0 Å². The minimum absolute atomic E-state index is 0.0477. The van der Waals surface area contributed by atoms with E-state index in [-0.39, 0.29) is 18.1 Å². The molecular weight excluding hydrogens is 210 g/mol. The Balaban J connectivity index is 2.54. The molecule has 0 aliphatic carbocycles. The molecule has 0 spiro atoms. The van der Waals surface area contributed by atoms with E-state index >= 15 is 0 Å². The summed E-state index contributed by atoms with van der Waals surface area (Å²) in [7, 11) is -3.01. The molecule has 0 amide bonds. The van der Waals surface area contributed by atoms with Gasteiger partial charge in [0.05, 0.1) is 11.5 Å². The fraction of sp³-hybridized carbons (Fsp3) is 0.273. The predicted octanol–water partition coefficient (Wildman–Crippen LogP) is 1.07. The Kier molecular flexibility index (Phi) is 4.52. The first-order valence-corrected chi connectivity index (χ1v) is 6.58. The van der Waals surface area contributed by atoms with Gasteiger partial charge in [-0.25, -0.2) is 8.42 Å². The minimum Gasteiger partial charge on any atom is -0.329 e. The zero-order valence-electron chi connectivity index (χ0n) is 8.46. The highest BCUT2D eigenvalue weighted by Gasteiger charge is 2.05. The van der Waals surface area contributed by atoms with Crippen molar-refractivity contribution in [1.29, 1.82) is 0 Å². The molecule has 2 N–H and O–H groups in total. The largest absolute Gasteiger partial charge is 0.329 e. The normalized spacial score (nSPS) is 12.1. The van der Waals surface area contributed by atoms with Crippen molar-refractivity contribution in [2.75, 3.05) is 18.1 Å². The van der Waals surface area contributed by atoms with Gasteiger partial charge in [0, 0.05) is 6.54 Å². The Bertz CT molecular complexity index is 409. The average molecular weight is 225 g/mol. The molecule has 1 rings (SSSR count). The second-order valence-corrected chi connectivity index (χ2v) is 5.44. The fourth-order valence-electron chi connectivity index (χ4n) is 1.16. The van der Waals surface area contributed by atoms with E-state index in [0.29, 0.717) is 0 Å². The van der Waals surface area contributed by atoms with Gasteiger partial charge in [-0.3, -0.25) is 0 Å². The lowest BCUT2D eigenvalue weighted by atomic mass is 10.2. The molecule has 0 radical (unpaired) electrons. The van der Waals surface area contributed by atoms with Gasteiger partial charge in [-0.1, -0.05) is 42.5 Å². The Morgan fingerprint density at radius 2 is 1.87 bits per heavy atom. The molecule has 15 heavy (non-hydrogen) atoms. The molecule has 1 aromatic carbocycles. The molecule has 0 aliphatic heterocycles. The summed E-state index contributed by atoms with van der Waals surface area (Å²) in [4.78, 5) is 0. The first-order valence-electron chi connectivity index (χ1n) is 4.76. The third-order valence-electron chi connectivity index (χ3n) is 1.89. The third kappa shape index (κ3) is 4.76. The van der Waals surface area contributed by atoms with Crippen LogP contribution in [0.25, 0.3) is 6.08 Å². The summed E-state index contributed by atoms with van der Waals surface area (Å²) >= 11 is 0. The molecule has 0 aromatic heterocycles. The van der Waals surface area contributed by atoms with E-state index in [9.17, 15) is 8.42 Å². The van der Waals surface area contributed by atoms with Crippen molar-refractivity contribution in [1.82, 2.24) is 0 Å². The average Bonchev–Trinajstić information content (AvgIpc) is 2.19. The van der Waals surface area contributed by atoms with Crippen LogP contribution in [-0.4, -0.2) is 26.5 Å². The Hall–Kier alpha value is -1.13. The summed E-state index contributed by atoms with van der Waals surface area (Å²) in [6.45, 7) is 0.182. The summed E-state index contributed by atoms with van der Waals surface area (Å²) in [6.07, 6.45) is 3.45. The van der Waals surface area contributed by atoms with Crippen LogP contribution in [0.2, 0.25) is 0 Å². The van der Waals surface area contributed by atoms with Crippen molar-refractivity contribution in [3.8, 4) is 0 Å². The molecular formula is C11H15NO2S. The smallest absolute Gasteiger partial charge is 0.155 e. The molecule has 3 nitrogen and oxygen atoms in total. The van der Waals surface area contributed by atoms with Crippen LogP contribution in [0.1, 0.15) is 5.56 Å². The van der Waals surface area contributed by atoms with Gasteiger partial charge in [-0.2, -0.15) is 0 Å². The highest BCUT2D eigenvalue weighted by atomic mass is 32.2. The quantitative estimate of drug-likeness (QED) is 0.815. The summed E-state index contributed by atoms with van der Waals surface area (Å²) in [5.41, 5.74) is 6.19. The lowest BCUT2D eigenvalue weighted by Gasteiger charge is -1.97. The molecule has 0 aliphatic rings. The van der Waals surface area contributed by atoms with Gasteiger partial charge in [0.2, 0.25) is 0 Å². The van der Waals surface area contributed by atoms with E-state index in [0.717, 1.165) is 5.56 Å². The molecule has 0 heterocycles. The molecule has 82 valence electrons. The number of benzene rings is 1. The van der Waals surface area contributed by atoms with Crippen LogP contribution in [0.4, 0.5) is 0 Å². The van der Waals surface area contributed by atoms with Crippen LogP contribution < -0.4 is 5.73 Å². The van der Waals surface area contributed by atoms with Crippen molar-refractivity contribution in [2.45, 2.75) is 0 Å². The van der Waals surface area contributed by atoms with Gasteiger partial charge in [0.15, 0.2) is 9.84 Å². The highest BCUT2D eigenvalue weighted by Crippen LogP contribution is 2.01. The van der Waals surface area contributed by atoms with Crippen LogP contribution in [0.15, 0.2) is 36.4 Å². The zero-order valence-corrected chi connectivity index (χ0v) is 9.28. The van der Waals surface area contributed by atoms with Gasteiger partial charge in [-0.15, -0.1) is 0 Å². The van der Waals surface area contributed by atoms with Crippen molar-refractivity contribution in [3.63, 3.8) is 0 Å². The molecule has 0 atom stereocenters. The molecule has 0 saturated heterocycles. The number of hydrogen-bond donors (Lipinski definition) is 1. The maximum atomic E-state index is 11.3. The molecule has 4 heteroatoms. The second kappa shape index (κ2) is 5.68. The van der Waals surface area contributed by atoms with E-state index in [1.165, 1.54) is 0 Å². The van der Waals surface area contributed by atoms with Crippen LogP contribution in [0.3, 0.4) is 0 Å². The van der Waals surface area contributed by atoms with Crippen molar-refractivity contribution >= 4 is 15.9 Å². The SMILES string of the molecule is NCCS(=O)(=O)CC=Cc1ccccc1. The lowest BCUT2D eigenvalue weighted by molar-refractivity contribution is 0.599. The molecule has 1 aromatic rings. The minimum atomic E-state index is -3.01. The maximum absolute atomic E-state index is 11.3. The van der Waals surface area contributed by atoms with Gasteiger partial charge in [-0.05, 0) is 5.56 Å². The molecule has 0 bridgehead atoms. The van der Waals surface area contributed by atoms with Crippen LogP contribution in [0, 0.1) is 0 Å². The molecule has 0 fully saturated rings. The number of rotatable bonds is 5. The van der Waals surface area contributed by atoms with E-state index in [1.807, 2.05) is 30.3 Å². The van der Waals surface area contributed by atoms with Gasteiger partial charge < -0.3 is 5.73 Å².